The fourth-order valence-electron chi connectivity index (χ4n) is 3.63. The fourth-order valence-corrected chi connectivity index (χ4v) is 3.63. The van der Waals surface area contributed by atoms with Gasteiger partial charge >= 0.3 is 6.18 Å². The lowest BCUT2D eigenvalue weighted by atomic mass is 10.1. The van der Waals surface area contributed by atoms with Crippen molar-refractivity contribution < 1.29 is 28.1 Å². The second-order valence-corrected chi connectivity index (χ2v) is 8.56. The topological polar surface area (TPSA) is 61.7 Å². The van der Waals surface area contributed by atoms with E-state index >= 15 is 0 Å². The third-order valence-electron chi connectivity index (χ3n) is 5.66. The summed E-state index contributed by atoms with van der Waals surface area (Å²) in [7, 11) is 1.85. The van der Waals surface area contributed by atoms with Crippen LogP contribution in [0.4, 0.5) is 13.2 Å². The molecule has 0 aliphatic carbocycles. The number of hydrogen-bond donors (Lipinski definition) is 3. The minimum Gasteiger partial charge on any atom is -0.508 e. The monoisotopic (exact) mass is 539 g/mol. The van der Waals surface area contributed by atoms with Crippen LogP contribution in [0.25, 0.3) is 0 Å². The Hall–Kier alpha value is -2.90. The van der Waals surface area contributed by atoms with Crippen LogP contribution in [0.3, 0.4) is 0 Å². The summed E-state index contributed by atoms with van der Waals surface area (Å²) in [6, 6.07) is 19.2. The van der Waals surface area contributed by atoms with Gasteiger partial charge in [-0.2, -0.15) is 13.2 Å². The predicted molar refractivity (Wildman–Crippen MR) is 145 cm³/mol. The van der Waals surface area contributed by atoms with E-state index in [4.69, 9.17) is 9.84 Å². The van der Waals surface area contributed by atoms with Gasteiger partial charge in [0.15, 0.2) is 0 Å². The van der Waals surface area contributed by atoms with Crippen molar-refractivity contribution in [2.45, 2.75) is 57.7 Å². The van der Waals surface area contributed by atoms with E-state index in [9.17, 15) is 18.3 Å². The number of phenolic OH excluding ortho intramolecular Hbond substituents is 2. The zero-order valence-corrected chi connectivity index (χ0v) is 22.1. The number of aryl methyl sites for hydroxylation is 1. The van der Waals surface area contributed by atoms with E-state index in [1.165, 1.54) is 37.5 Å². The number of alkyl halides is 3. The minimum atomic E-state index is -4.33. The van der Waals surface area contributed by atoms with Crippen molar-refractivity contribution in [1.29, 1.82) is 0 Å². The van der Waals surface area contributed by atoms with Gasteiger partial charge < -0.3 is 20.3 Å². The lowest BCUT2D eigenvalue weighted by molar-refractivity contribution is -0.137. The molecule has 8 heteroatoms. The molecule has 1 atom stereocenters. The molecule has 0 aliphatic rings. The first-order valence-electron chi connectivity index (χ1n) is 12.3. The molecular weight excluding hydrogens is 503 g/mol. The minimum absolute atomic E-state index is 0. The van der Waals surface area contributed by atoms with Crippen molar-refractivity contribution in [3.05, 3.63) is 89.5 Å². The molecule has 0 aromatic heterocycles. The molecule has 3 N–H and O–H groups in total. The maximum atomic E-state index is 12.6. The van der Waals surface area contributed by atoms with Crippen LogP contribution in [0.5, 0.6) is 17.2 Å². The predicted octanol–water partition coefficient (Wildman–Crippen LogP) is 8.08. The Labute approximate surface area is 223 Å². The number of aromatic hydroxyl groups is 2. The van der Waals surface area contributed by atoms with Crippen LogP contribution in [0, 0.1) is 0 Å². The van der Waals surface area contributed by atoms with Crippen molar-refractivity contribution in [2.24, 2.45) is 0 Å². The summed E-state index contributed by atoms with van der Waals surface area (Å²) in [5.74, 6) is 0.763. The van der Waals surface area contributed by atoms with Gasteiger partial charge in [0, 0.05) is 12.5 Å². The summed E-state index contributed by atoms with van der Waals surface area (Å²) < 4.78 is 43.6. The zero-order chi connectivity index (χ0) is 26.4. The summed E-state index contributed by atoms with van der Waals surface area (Å²) in [5.41, 5.74) is 1.25. The van der Waals surface area contributed by atoms with Crippen molar-refractivity contribution in [2.75, 3.05) is 13.6 Å². The van der Waals surface area contributed by atoms with Gasteiger partial charge in [0.2, 0.25) is 0 Å². The Morgan fingerprint density at radius 3 is 2.14 bits per heavy atom. The molecule has 0 saturated heterocycles. The van der Waals surface area contributed by atoms with Crippen molar-refractivity contribution in [1.82, 2.24) is 5.32 Å². The highest BCUT2D eigenvalue weighted by atomic mass is 35.5. The smallest absolute Gasteiger partial charge is 0.416 e. The van der Waals surface area contributed by atoms with Gasteiger partial charge in [-0.15, -0.1) is 12.4 Å². The number of benzene rings is 3. The van der Waals surface area contributed by atoms with E-state index in [1.54, 1.807) is 12.1 Å². The van der Waals surface area contributed by atoms with Crippen LogP contribution in [0.15, 0.2) is 72.8 Å². The van der Waals surface area contributed by atoms with Crippen LogP contribution in [0.1, 0.15) is 61.8 Å². The lowest BCUT2D eigenvalue weighted by Crippen LogP contribution is -2.16. The Bertz CT molecular complexity index is 1020. The third kappa shape index (κ3) is 11.8. The van der Waals surface area contributed by atoms with E-state index < -0.39 is 11.7 Å². The summed E-state index contributed by atoms with van der Waals surface area (Å²) in [6.45, 7) is 2.93. The molecule has 0 amide bonds. The number of phenols is 2. The highest BCUT2D eigenvalue weighted by molar-refractivity contribution is 5.85. The molecule has 0 aliphatic heterocycles. The number of unbranched alkanes of at least 4 members (excludes halogenated alkanes) is 3. The summed E-state index contributed by atoms with van der Waals surface area (Å²) in [4.78, 5) is 0. The van der Waals surface area contributed by atoms with E-state index in [0.717, 1.165) is 49.1 Å². The SMILES string of the molecule is CCCCCCc1ccc(O)cc1O.CNCCC(Oc1ccc(C(F)(F)F)cc1)c1ccccc1.Cl. The molecule has 0 heterocycles. The molecule has 4 nitrogen and oxygen atoms in total. The number of ether oxygens (including phenoxy) is 1. The molecule has 204 valence electrons. The van der Waals surface area contributed by atoms with Gasteiger partial charge in [0.25, 0.3) is 0 Å². The molecule has 0 saturated carbocycles. The molecule has 37 heavy (non-hydrogen) atoms. The number of rotatable bonds is 11. The van der Waals surface area contributed by atoms with Gasteiger partial charge in [-0.25, -0.2) is 0 Å². The Morgan fingerprint density at radius 1 is 0.892 bits per heavy atom. The van der Waals surface area contributed by atoms with Gasteiger partial charge in [0.1, 0.15) is 23.4 Å². The van der Waals surface area contributed by atoms with Gasteiger partial charge in [0.05, 0.1) is 5.56 Å². The Morgan fingerprint density at radius 2 is 1.57 bits per heavy atom. The largest absolute Gasteiger partial charge is 0.508 e. The van der Waals surface area contributed by atoms with Gasteiger partial charge in [-0.05, 0) is 67.9 Å². The van der Waals surface area contributed by atoms with Crippen molar-refractivity contribution in [3.8, 4) is 17.2 Å². The van der Waals surface area contributed by atoms with Crippen LogP contribution in [0.2, 0.25) is 0 Å². The maximum Gasteiger partial charge on any atom is 0.416 e. The van der Waals surface area contributed by atoms with Crippen LogP contribution >= 0.6 is 12.4 Å². The number of nitrogens with one attached hydrogen (secondary N) is 1. The normalized spacial score (nSPS) is 11.6. The van der Waals surface area contributed by atoms with E-state index in [-0.39, 0.29) is 30.0 Å². The molecule has 0 spiro atoms. The lowest BCUT2D eigenvalue weighted by Gasteiger charge is -2.20. The highest BCUT2D eigenvalue weighted by Gasteiger charge is 2.30. The van der Waals surface area contributed by atoms with E-state index in [0.29, 0.717) is 5.75 Å². The zero-order valence-electron chi connectivity index (χ0n) is 21.3. The number of halogens is 4. The molecule has 3 aromatic carbocycles. The second-order valence-electron chi connectivity index (χ2n) is 8.56. The van der Waals surface area contributed by atoms with E-state index in [2.05, 4.69) is 12.2 Å². The van der Waals surface area contributed by atoms with Gasteiger partial charge in [-0.3, -0.25) is 0 Å². The molecular formula is C29H37ClF3NO3. The molecule has 0 radical (unpaired) electrons. The molecule has 3 rings (SSSR count). The fraction of sp³-hybridized carbons (Fsp3) is 0.379. The molecule has 0 bridgehead atoms. The molecule has 3 aromatic rings. The highest BCUT2D eigenvalue weighted by Crippen LogP contribution is 2.32. The molecule has 0 fully saturated rings. The van der Waals surface area contributed by atoms with E-state index in [1.807, 2.05) is 37.4 Å². The summed E-state index contributed by atoms with van der Waals surface area (Å²) in [5, 5.41) is 21.6. The first-order chi connectivity index (χ1) is 17.2. The first-order valence-corrected chi connectivity index (χ1v) is 12.3. The standard InChI is InChI=1S/C17H18F3NO.C12H18O2.ClH/c1-21-12-11-16(13-5-3-2-4-6-13)22-15-9-7-14(8-10-15)17(18,19)20;1-2-3-4-5-6-10-7-8-11(13)9-12(10)14;/h2-10,16,21H,11-12H2,1H3;7-9,13-14H,2-6H2,1H3;1H. The Balaban J connectivity index is 0.000000396. The maximum absolute atomic E-state index is 12.6. The quantitative estimate of drug-likeness (QED) is 0.215. The summed E-state index contributed by atoms with van der Waals surface area (Å²) >= 11 is 0. The van der Waals surface area contributed by atoms with Gasteiger partial charge in [-0.1, -0.05) is 62.6 Å². The Kier molecular flexibility index (Phi) is 14.6. The van der Waals surface area contributed by atoms with Crippen molar-refractivity contribution >= 4 is 12.4 Å². The second kappa shape index (κ2) is 16.8. The summed E-state index contributed by atoms with van der Waals surface area (Å²) in [6.07, 6.45) is 1.87. The van der Waals surface area contributed by atoms with Crippen molar-refractivity contribution in [3.63, 3.8) is 0 Å². The number of hydrogen-bond acceptors (Lipinski definition) is 4. The third-order valence-corrected chi connectivity index (χ3v) is 5.66. The van der Waals surface area contributed by atoms with Crippen LogP contribution < -0.4 is 10.1 Å². The average molecular weight is 540 g/mol. The average Bonchev–Trinajstić information content (AvgIpc) is 2.86. The van der Waals surface area contributed by atoms with Crippen LogP contribution in [-0.2, 0) is 12.6 Å². The van der Waals surface area contributed by atoms with Crippen LogP contribution in [-0.4, -0.2) is 23.8 Å². The molecule has 1 unspecified atom stereocenters. The first kappa shape index (κ1) is 32.1.